The first-order valence-corrected chi connectivity index (χ1v) is 15.1. The predicted octanol–water partition coefficient (Wildman–Crippen LogP) is 5.97. The van der Waals surface area contributed by atoms with E-state index in [0.29, 0.717) is 23.6 Å². The molecule has 0 radical (unpaired) electrons. The maximum Gasteiger partial charge on any atom is 0.124 e. The van der Waals surface area contributed by atoms with Crippen LogP contribution in [-0.2, 0) is 20.9 Å². The molecule has 0 aliphatic carbocycles. The molecule has 2 aromatic heterocycles. The number of ether oxygens (including phenoxy) is 1. The molecule has 3 atom stereocenters. The number of hydrogen-bond donors (Lipinski definition) is 1. The van der Waals surface area contributed by atoms with E-state index in [1.807, 2.05) is 17.0 Å². The Labute approximate surface area is 220 Å². The number of aryl methyl sites for hydroxylation is 1. The third-order valence-electron chi connectivity index (χ3n) is 8.50. The number of hydrogen-bond acceptors (Lipinski definition) is 5. The van der Waals surface area contributed by atoms with Crippen molar-refractivity contribution in [1.82, 2.24) is 14.5 Å². The smallest absolute Gasteiger partial charge is 0.124 e. The number of pyridine rings is 1. The maximum absolute atomic E-state index is 14.3. The number of likely N-dealkylation sites (tertiary alicyclic amines) is 1. The summed E-state index contributed by atoms with van der Waals surface area (Å²) in [6.45, 7) is 11.9. The molecular weight excluding hydrogens is 487 g/mol. The molecule has 200 valence electrons. The van der Waals surface area contributed by atoms with Gasteiger partial charge in [0, 0.05) is 48.8 Å². The number of halogens is 1. The van der Waals surface area contributed by atoms with Gasteiger partial charge in [0.2, 0.25) is 0 Å². The van der Waals surface area contributed by atoms with Crippen LogP contribution < -0.4 is 0 Å². The largest absolute Gasteiger partial charge is 0.381 e. The van der Waals surface area contributed by atoms with Crippen LogP contribution in [0.25, 0.3) is 16.6 Å². The van der Waals surface area contributed by atoms with Crippen molar-refractivity contribution in [2.75, 3.05) is 26.3 Å². The molecule has 2 aliphatic rings. The van der Waals surface area contributed by atoms with Crippen LogP contribution in [0.1, 0.15) is 51.2 Å². The fraction of sp³-hybridized carbons (Fsp3) is 0.552. The first-order chi connectivity index (χ1) is 17.7. The zero-order valence-electron chi connectivity index (χ0n) is 22.4. The summed E-state index contributed by atoms with van der Waals surface area (Å²) in [6.07, 6.45) is 10.2. The Morgan fingerprint density at radius 1 is 1.19 bits per heavy atom. The second-order valence-corrected chi connectivity index (χ2v) is 13.8. The van der Waals surface area contributed by atoms with Gasteiger partial charge in [-0.3, -0.25) is 4.98 Å². The summed E-state index contributed by atoms with van der Waals surface area (Å²) in [4.78, 5) is 7.34. The van der Waals surface area contributed by atoms with Gasteiger partial charge >= 0.3 is 0 Å². The molecule has 0 amide bonds. The molecule has 1 aromatic carbocycles. The molecule has 5 rings (SSSR count). The average Bonchev–Trinajstić information content (AvgIpc) is 3.50. The van der Waals surface area contributed by atoms with Gasteiger partial charge in [-0.05, 0) is 101 Å². The Bertz CT molecular complexity index is 1380. The van der Waals surface area contributed by atoms with Gasteiger partial charge in [0.05, 0.1) is 32.0 Å². The van der Waals surface area contributed by atoms with Crippen LogP contribution in [-0.4, -0.2) is 56.3 Å². The lowest BCUT2D eigenvalue weighted by molar-refractivity contribution is 0.0348. The highest BCUT2D eigenvalue weighted by atomic mass is 32.2. The minimum absolute atomic E-state index is 0.241. The zero-order valence-corrected chi connectivity index (χ0v) is 23.2. The summed E-state index contributed by atoms with van der Waals surface area (Å²) in [5.74, 6) is 0.785. The van der Waals surface area contributed by atoms with E-state index in [1.165, 1.54) is 24.1 Å². The molecule has 4 heterocycles. The first kappa shape index (κ1) is 26.3. The standard InChI is InChI=1S/C29H39FN4O2S/c1-19(2)37(31,35)28-14-25(30)5-6-26(28)34-18-24(29-20(3)15-32-16-27(29)34)13-22-7-10-33(17-22)21(4)23-8-11-36-12-9-23/h5-6,14-16,18-19,21-23,31H,7-13,17H2,1-4H3/t21-,22-,37-/m1/s1. The van der Waals surface area contributed by atoms with E-state index in [-0.39, 0.29) is 4.90 Å². The SMILES string of the molecule is Cc1cncc2c1c(C[C@H]1CCN([C@H](C)C3CCOCC3)C1)cn2-c1ccc(F)cc1[S@](=N)(=O)C(C)C. The summed E-state index contributed by atoms with van der Waals surface area (Å²) in [5, 5.41) is 0.721. The number of fused-ring (bicyclic) bond motifs is 1. The van der Waals surface area contributed by atoms with Crippen LogP contribution in [0.2, 0.25) is 0 Å². The van der Waals surface area contributed by atoms with Crippen LogP contribution in [0, 0.1) is 29.4 Å². The summed E-state index contributed by atoms with van der Waals surface area (Å²) < 4.78 is 43.9. The highest BCUT2D eigenvalue weighted by Gasteiger charge is 2.32. The molecule has 2 fully saturated rings. The van der Waals surface area contributed by atoms with Gasteiger partial charge in [0.15, 0.2) is 0 Å². The van der Waals surface area contributed by atoms with Gasteiger partial charge < -0.3 is 14.2 Å². The lowest BCUT2D eigenvalue weighted by Gasteiger charge is -2.34. The lowest BCUT2D eigenvalue weighted by Crippen LogP contribution is -2.39. The minimum Gasteiger partial charge on any atom is -0.381 e. The van der Waals surface area contributed by atoms with E-state index in [4.69, 9.17) is 9.52 Å². The molecule has 3 aromatic rings. The molecule has 2 saturated heterocycles. The van der Waals surface area contributed by atoms with Crippen LogP contribution in [0.4, 0.5) is 4.39 Å². The van der Waals surface area contributed by atoms with Crippen molar-refractivity contribution < 1.29 is 13.3 Å². The van der Waals surface area contributed by atoms with Crippen molar-refractivity contribution in [3.05, 3.63) is 53.7 Å². The van der Waals surface area contributed by atoms with Crippen molar-refractivity contribution in [1.29, 1.82) is 4.78 Å². The van der Waals surface area contributed by atoms with E-state index in [1.54, 1.807) is 19.9 Å². The van der Waals surface area contributed by atoms with Crippen LogP contribution in [0.15, 0.2) is 41.7 Å². The van der Waals surface area contributed by atoms with Crippen molar-refractivity contribution >= 4 is 20.6 Å². The fourth-order valence-corrected chi connectivity index (χ4v) is 7.46. The minimum atomic E-state index is -3.19. The number of benzene rings is 1. The summed E-state index contributed by atoms with van der Waals surface area (Å²) in [5.41, 5.74) is 3.83. The third kappa shape index (κ3) is 5.08. The average molecular weight is 527 g/mol. The van der Waals surface area contributed by atoms with Crippen molar-refractivity contribution in [2.24, 2.45) is 11.8 Å². The molecule has 0 spiro atoms. The third-order valence-corrected chi connectivity index (χ3v) is 10.8. The Hall–Kier alpha value is -2.29. The monoisotopic (exact) mass is 526 g/mol. The number of rotatable bonds is 7. The second-order valence-electron chi connectivity index (χ2n) is 11.2. The molecule has 1 N–H and O–H groups in total. The van der Waals surface area contributed by atoms with Crippen LogP contribution >= 0.6 is 0 Å². The number of aromatic nitrogens is 2. The Morgan fingerprint density at radius 2 is 1.95 bits per heavy atom. The quantitative estimate of drug-likeness (QED) is 0.412. The number of nitrogens with one attached hydrogen (secondary N) is 1. The van der Waals surface area contributed by atoms with E-state index in [2.05, 4.69) is 29.9 Å². The molecule has 2 aliphatic heterocycles. The Kier molecular flexibility index (Phi) is 7.44. The molecule has 0 bridgehead atoms. The molecule has 37 heavy (non-hydrogen) atoms. The van der Waals surface area contributed by atoms with Gasteiger partial charge in [0.25, 0.3) is 0 Å². The molecule has 8 heteroatoms. The predicted molar refractivity (Wildman–Crippen MR) is 146 cm³/mol. The van der Waals surface area contributed by atoms with Crippen molar-refractivity contribution in [3.8, 4) is 5.69 Å². The first-order valence-electron chi connectivity index (χ1n) is 13.5. The molecule has 6 nitrogen and oxygen atoms in total. The highest BCUT2D eigenvalue weighted by Crippen LogP contribution is 2.35. The van der Waals surface area contributed by atoms with E-state index >= 15 is 0 Å². The van der Waals surface area contributed by atoms with Crippen LogP contribution in [0.5, 0.6) is 0 Å². The van der Waals surface area contributed by atoms with Gasteiger partial charge in [-0.25, -0.2) is 13.4 Å². The van der Waals surface area contributed by atoms with E-state index < -0.39 is 20.8 Å². The summed E-state index contributed by atoms with van der Waals surface area (Å²) in [6, 6.07) is 4.88. The Balaban J connectivity index is 1.48. The van der Waals surface area contributed by atoms with Gasteiger partial charge in [-0.2, -0.15) is 0 Å². The van der Waals surface area contributed by atoms with Crippen LogP contribution in [0.3, 0.4) is 0 Å². The maximum atomic E-state index is 14.3. The Morgan fingerprint density at radius 3 is 2.68 bits per heavy atom. The second kappa shape index (κ2) is 10.5. The number of nitrogens with zero attached hydrogens (tertiary/aromatic N) is 3. The molecule has 0 saturated carbocycles. The van der Waals surface area contributed by atoms with Gasteiger partial charge in [0.1, 0.15) is 5.82 Å². The normalized spacial score (nSPS) is 22.1. The van der Waals surface area contributed by atoms with Crippen molar-refractivity contribution in [2.45, 2.75) is 69.6 Å². The van der Waals surface area contributed by atoms with Crippen molar-refractivity contribution in [3.63, 3.8) is 0 Å². The van der Waals surface area contributed by atoms with Gasteiger partial charge in [-0.1, -0.05) is 0 Å². The lowest BCUT2D eigenvalue weighted by atomic mass is 9.92. The zero-order chi connectivity index (χ0) is 26.3. The summed E-state index contributed by atoms with van der Waals surface area (Å²) in [7, 11) is -3.19. The van der Waals surface area contributed by atoms with E-state index in [9.17, 15) is 8.60 Å². The summed E-state index contributed by atoms with van der Waals surface area (Å²) >= 11 is 0. The molecular formula is C29H39FN4O2S. The molecule has 0 unspecified atom stereocenters. The topological polar surface area (TPSA) is 71.2 Å². The van der Waals surface area contributed by atoms with E-state index in [0.717, 1.165) is 62.0 Å². The highest BCUT2D eigenvalue weighted by molar-refractivity contribution is 7.93. The fourth-order valence-electron chi connectivity index (χ4n) is 6.19. The van der Waals surface area contributed by atoms with Gasteiger partial charge in [-0.15, -0.1) is 0 Å².